The van der Waals surface area contributed by atoms with Gasteiger partial charge in [0.2, 0.25) is 0 Å². The van der Waals surface area contributed by atoms with Crippen LogP contribution >= 0.6 is 0 Å². The Morgan fingerprint density at radius 2 is 2.39 bits per heavy atom. The minimum Gasteiger partial charge on any atom is -0.493 e. The average Bonchev–Trinajstić information content (AvgIpc) is 3.05. The fourth-order valence-corrected chi connectivity index (χ4v) is 2.33. The summed E-state index contributed by atoms with van der Waals surface area (Å²) in [6.45, 7) is 0.810. The molecule has 2 aromatic rings. The van der Waals surface area contributed by atoms with Crippen molar-refractivity contribution in [1.29, 1.82) is 0 Å². The number of aryl methyl sites for hydroxylation is 1. The quantitative estimate of drug-likeness (QED) is 0.863. The van der Waals surface area contributed by atoms with Crippen molar-refractivity contribution in [3.8, 4) is 5.75 Å². The van der Waals surface area contributed by atoms with E-state index >= 15 is 0 Å². The van der Waals surface area contributed by atoms with Gasteiger partial charge in [-0.2, -0.15) is 0 Å². The number of hydrogen-bond donors (Lipinski definition) is 2. The molecule has 18 heavy (non-hydrogen) atoms. The van der Waals surface area contributed by atoms with Crippen molar-refractivity contribution in [2.24, 2.45) is 5.73 Å². The third-order valence-electron chi connectivity index (χ3n) is 3.37. The van der Waals surface area contributed by atoms with Gasteiger partial charge < -0.3 is 15.5 Å². The first-order valence-corrected chi connectivity index (χ1v) is 6.32. The minimum absolute atomic E-state index is 0.0236. The van der Waals surface area contributed by atoms with Gasteiger partial charge in [-0.1, -0.05) is 12.1 Å². The molecular weight excluding hydrogens is 226 g/mol. The molecule has 0 amide bonds. The maximum Gasteiger partial charge on any atom is 0.123 e. The summed E-state index contributed by atoms with van der Waals surface area (Å²) in [4.78, 5) is 7.24. The highest BCUT2D eigenvalue weighted by molar-refractivity contribution is 5.39. The second-order valence-corrected chi connectivity index (χ2v) is 4.66. The molecule has 0 saturated carbocycles. The summed E-state index contributed by atoms with van der Waals surface area (Å²) >= 11 is 0. The number of hydrogen-bond acceptors (Lipinski definition) is 3. The first kappa shape index (κ1) is 11.3. The summed E-state index contributed by atoms with van der Waals surface area (Å²) in [6.07, 6.45) is 6.43. The third-order valence-corrected chi connectivity index (χ3v) is 3.37. The monoisotopic (exact) mass is 243 g/mol. The number of ether oxygens (including phenoxy) is 1. The number of aromatic amines is 1. The van der Waals surface area contributed by atoms with Crippen LogP contribution in [-0.2, 0) is 12.8 Å². The Labute approximate surface area is 106 Å². The van der Waals surface area contributed by atoms with Gasteiger partial charge in [0.15, 0.2) is 0 Å². The number of fused-ring (bicyclic) bond motifs is 1. The summed E-state index contributed by atoms with van der Waals surface area (Å²) in [5.74, 6) is 1.90. The largest absolute Gasteiger partial charge is 0.493 e. The number of imidazole rings is 1. The van der Waals surface area contributed by atoms with Gasteiger partial charge in [0.1, 0.15) is 11.6 Å². The molecule has 1 aromatic carbocycles. The molecule has 3 N–H and O–H groups in total. The van der Waals surface area contributed by atoms with Crippen molar-refractivity contribution < 1.29 is 4.74 Å². The molecule has 4 heteroatoms. The van der Waals surface area contributed by atoms with Crippen LogP contribution in [0.25, 0.3) is 0 Å². The molecule has 3 rings (SSSR count). The zero-order valence-electron chi connectivity index (χ0n) is 10.2. The van der Waals surface area contributed by atoms with Crippen LogP contribution in [0.4, 0.5) is 0 Å². The molecule has 1 unspecified atom stereocenters. The lowest BCUT2D eigenvalue weighted by molar-refractivity contribution is 0.357. The third kappa shape index (κ3) is 2.24. The molecule has 0 spiro atoms. The summed E-state index contributed by atoms with van der Waals surface area (Å²) < 4.78 is 5.50. The SMILES string of the molecule is NC(CCc1ccc2c(c1)CCO2)c1ncc[nH]1. The Morgan fingerprint density at radius 3 is 3.22 bits per heavy atom. The van der Waals surface area contributed by atoms with E-state index in [0.717, 1.165) is 37.4 Å². The predicted molar refractivity (Wildman–Crippen MR) is 69.5 cm³/mol. The van der Waals surface area contributed by atoms with Crippen molar-refractivity contribution in [2.75, 3.05) is 6.61 Å². The fourth-order valence-electron chi connectivity index (χ4n) is 2.33. The zero-order valence-corrected chi connectivity index (χ0v) is 10.2. The van der Waals surface area contributed by atoms with Crippen molar-refractivity contribution in [2.45, 2.75) is 25.3 Å². The van der Waals surface area contributed by atoms with Crippen LogP contribution in [0.3, 0.4) is 0 Å². The molecule has 0 aliphatic carbocycles. The first-order chi connectivity index (χ1) is 8.83. The van der Waals surface area contributed by atoms with Gasteiger partial charge in [-0.05, 0) is 30.0 Å². The summed E-state index contributed by atoms with van der Waals surface area (Å²) in [5, 5.41) is 0. The van der Waals surface area contributed by atoms with E-state index in [4.69, 9.17) is 10.5 Å². The molecule has 1 aliphatic rings. The Balaban J connectivity index is 1.63. The molecule has 1 aromatic heterocycles. The normalized spacial score (nSPS) is 15.2. The smallest absolute Gasteiger partial charge is 0.123 e. The molecule has 0 fully saturated rings. The standard InChI is InChI=1S/C14H17N3O/c15-12(14-16-6-7-17-14)3-1-10-2-4-13-11(9-10)5-8-18-13/h2,4,6-7,9,12H,1,3,5,8,15H2,(H,16,17). The second-order valence-electron chi connectivity index (χ2n) is 4.66. The highest BCUT2D eigenvalue weighted by Gasteiger charge is 2.13. The number of rotatable bonds is 4. The van der Waals surface area contributed by atoms with E-state index in [1.54, 1.807) is 6.20 Å². The van der Waals surface area contributed by atoms with Crippen LogP contribution in [0.5, 0.6) is 5.75 Å². The van der Waals surface area contributed by atoms with Gasteiger partial charge in [-0.3, -0.25) is 0 Å². The number of benzene rings is 1. The van der Waals surface area contributed by atoms with Gasteiger partial charge >= 0.3 is 0 Å². The molecule has 0 radical (unpaired) electrons. The topological polar surface area (TPSA) is 63.9 Å². The van der Waals surface area contributed by atoms with E-state index in [1.165, 1.54) is 11.1 Å². The predicted octanol–water partition coefficient (Wildman–Crippen LogP) is 1.98. The summed E-state index contributed by atoms with van der Waals surface area (Å²) in [7, 11) is 0. The molecule has 0 bridgehead atoms. The van der Waals surface area contributed by atoms with Crippen LogP contribution in [0.1, 0.15) is 29.4 Å². The molecule has 1 atom stereocenters. The Kier molecular flexibility index (Phi) is 3.02. The second kappa shape index (κ2) is 4.82. The number of nitrogens with zero attached hydrogens (tertiary/aromatic N) is 1. The number of nitrogens with two attached hydrogens (primary N) is 1. The van der Waals surface area contributed by atoms with E-state index in [1.807, 2.05) is 6.20 Å². The lowest BCUT2D eigenvalue weighted by Gasteiger charge is -2.09. The maximum atomic E-state index is 6.08. The van der Waals surface area contributed by atoms with Crippen molar-refractivity contribution in [3.63, 3.8) is 0 Å². The van der Waals surface area contributed by atoms with Crippen LogP contribution in [0.15, 0.2) is 30.6 Å². The Bertz CT molecular complexity index is 522. The summed E-state index contributed by atoms with van der Waals surface area (Å²) in [5.41, 5.74) is 8.72. The minimum atomic E-state index is -0.0236. The first-order valence-electron chi connectivity index (χ1n) is 6.32. The number of aromatic nitrogens is 2. The van der Waals surface area contributed by atoms with Crippen LogP contribution < -0.4 is 10.5 Å². The number of nitrogens with one attached hydrogen (secondary N) is 1. The van der Waals surface area contributed by atoms with Gasteiger partial charge in [-0.25, -0.2) is 4.98 Å². The molecule has 94 valence electrons. The van der Waals surface area contributed by atoms with Crippen molar-refractivity contribution >= 4 is 0 Å². The van der Waals surface area contributed by atoms with Gasteiger partial charge in [0, 0.05) is 18.8 Å². The van der Waals surface area contributed by atoms with Crippen LogP contribution in [0, 0.1) is 0 Å². The highest BCUT2D eigenvalue weighted by Crippen LogP contribution is 2.26. The van der Waals surface area contributed by atoms with E-state index in [9.17, 15) is 0 Å². The van der Waals surface area contributed by atoms with E-state index in [2.05, 4.69) is 28.2 Å². The molecular formula is C14H17N3O. The average molecular weight is 243 g/mol. The number of H-pyrrole nitrogens is 1. The highest BCUT2D eigenvalue weighted by atomic mass is 16.5. The van der Waals surface area contributed by atoms with E-state index in [-0.39, 0.29) is 6.04 Å². The van der Waals surface area contributed by atoms with E-state index in [0.29, 0.717) is 0 Å². The fraction of sp³-hybridized carbons (Fsp3) is 0.357. The van der Waals surface area contributed by atoms with Crippen molar-refractivity contribution in [3.05, 3.63) is 47.5 Å². The molecule has 2 heterocycles. The Morgan fingerprint density at radius 1 is 1.44 bits per heavy atom. The maximum absolute atomic E-state index is 6.08. The van der Waals surface area contributed by atoms with Crippen LogP contribution in [-0.4, -0.2) is 16.6 Å². The van der Waals surface area contributed by atoms with Crippen molar-refractivity contribution in [1.82, 2.24) is 9.97 Å². The summed E-state index contributed by atoms with van der Waals surface area (Å²) in [6, 6.07) is 6.40. The molecule has 0 saturated heterocycles. The molecule has 1 aliphatic heterocycles. The van der Waals surface area contributed by atoms with Gasteiger partial charge in [0.05, 0.1) is 12.6 Å². The molecule has 4 nitrogen and oxygen atoms in total. The zero-order chi connectivity index (χ0) is 12.4. The van der Waals surface area contributed by atoms with Gasteiger partial charge in [-0.15, -0.1) is 0 Å². The van der Waals surface area contributed by atoms with Gasteiger partial charge in [0.25, 0.3) is 0 Å². The lowest BCUT2D eigenvalue weighted by atomic mass is 10.0. The lowest BCUT2D eigenvalue weighted by Crippen LogP contribution is -2.13. The van der Waals surface area contributed by atoms with E-state index < -0.39 is 0 Å². The van der Waals surface area contributed by atoms with Crippen LogP contribution in [0.2, 0.25) is 0 Å². The Hall–Kier alpha value is -1.81.